The van der Waals surface area contributed by atoms with Crippen LogP contribution in [0.2, 0.25) is 0 Å². The Hall–Kier alpha value is -2.25. The van der Waals surface area contributed by atoms with Gasteiger partial charge >= 0.3 is 5.97 Å². The fourth-order valence-corrected chi connectivity index (χ4v) is 4.42. The molecule has 0 bridgehead atoms. The highest BCUT2D eigenvalue weighted by Crippen LogP contribution is 2.52. The Morgan fingerprint density at radius 3 is 3.00 bits per heavy atom. The zero-order valence-corrected chi connectivity index (χ0v) is 16.7. The maximum atomic E-state index is 10.8. The summed E-state index contributed by atoms with van der Waals surface area (Å²) in [7, 11) is 0. The first kappa shape index (κ1) is 20.5. The minimum atomic E-state index is -0.766. The summed E-state index contributed by atoms with van der Waals surface area (Å²) in [5.41, 5.74) is 2.24. The number of fused-ring (bicyclic) bond motifs is 3. The van der Waals surface area contributed by atoms with Gasteiger partial charge in [0.1, 0.15) is 11.9 Å². The average molecular weight is 383 g/mol. The molecule has 4 heteroatoms. The second kappa shape index (κ2) is 9.30. The molecule has 0 unspecified atom stereocenters. The molecule has 3 rings (SSSR count). The largest absolute Gasteiger partial charge is 0.489 e. The first-order valence-corrected chi connectivity index (χ1v) is 10.3. The van der Waals surface area contributed by atoms with E-state index in [4.69, 9.17) is 9.84 Å². The van der Waals surface area contributed by atoms with Crippen molar-refractivity contribution in [3.05, 3.63) is 41.5 Å². The van der Waals surface area contributed by atoms with Crippen molar-refractivity contribution in [2.75, 3.05) is 0 Å². The molecule has 1 aromatic carbocycles. The molecule has 28 heavy (non-hydrogen) atoms. The van der Waals surface area contributed by atoms with Gasteiger partial charge in [0.15, 0.2) is 0 Å². The molecule has 2 aliphatic rings. The van der Waals surface area contributed by atoms with Crippen molar-refractivity contribution in [1.82, 2.24) is 0 Å². The third-order valence-electron chi connectivity index (χ3n) is 5.85. The van der Waals surface area contributed by atoms with Crippen LogP contribution in [-0.2, 0) is 11.2 Å². The minimum absolute atomic E-state index is 0.00338. The predicted molar refractivity (Wildman–Crippen MR) is 109 cm³/mol. The number of aliphatic hydroxyl groups excluding tert-OH is 1. The Morgan fingerprint density at radius 2 is 2.25 bits per heavy atom. The van der Waals surface area contributed by atoms with E-state index in [-0.39, 0.29) is 30.5 Å². The number of carbonyl (C=O) groups is 1. The van der Waals surface area contributed by atoms with E-state index in [9.17, 15) is 9.90 Å². The summed E-state index contributed by atoms with van der Waals surface area (Å²) in [6.45, 7) is 4.06. The lowest BCUT2D eigenvalue weighted by Gasteiger charge is -2.17. The van der Waals surface area contributed by atoms with Crippen molar-refractivity contribution >= 4 is 5.97 Å². The van der Waals surface area contributed by atoms with Gasteiger partial charge < -0.3 is 14.9 Å². The van der Waals surface area contributed by atoms with Gasteiger partial charge in [0, 0.05) is 36.7 Å². The van der Waals surface area contributed by atoms with E-state index in [1.54, 1.807) is 0 Å². The van der Waals surface area contributed by atoms with Crippen LogP contribution in [0, 0.1) is 23.7 Å². The highest BCUT2D eigenvalue weighted by Gasteiger charge is 2.48. The minimum Gasteiger partial charge on any atom is -0.489 e. The number of carboxylic acid groups (broad SMARTS) is 1. The Morgan fingerprint density at radius 1 is 1.43 bits per heavy atom. The quantitative estimate of drug-likeness (QED) is 0.519. The number of benzene rings is 1. The molecule has 1 heterocycles. The van der Waals surface area contributed by atoms with Crippen LogP contribution in [0.25, 0.3) is 0 Å². The van der Waals surface area contributed by atoms with Gasteiger partial charge in [-0.05, 0) is 37.7 Å². The van der Waals surface area contributed by atoms with Crippen molar-refractivity contribution < 1.29 is 19.7 Å². The summed E-state index contributed by atoms with van der Waals surface area (Å²) < 4.78 is 6.24. The van der Waals surface area contributed by atoms with E-state index in [2.05, 4.69) is 37.0 Å². The number of allylic oxidation sites excluding steroid dienone is 1. The number of ether oxygens (including phenoxy) is 1. The summed E-state index contributed by atoms with van der Waals surface area (Å²) >= 11 is 0. The Bertz CT molecular complexity index is 786. The molecule has 4 nitrogen and oxygen atoms in total. The van der Waals surface area contributed by atoms with Gasteiger partial charge in [0.2, 0.25) is 0 Å². The topological polar surface area (TPSA) is 66.8 Å². The number of para-hydroxylation sites is 1. The van der Waals surface area contributed by atoms with Crippen LogP contribution in [0.1, 0.15) is 63.0 Å². The predicted octanol–water partition coefficient (Wildman–Crippen LogP) is 4.32. The molecule has 0 aromatic heterocycles. The standard InChI is InChI=1S/C24H30O4/c1-3-4-8-16(2)9-5-12-18-20(25)15-21-23(18)19-13-6-10-17(24(19)28-21)11-7-14-22(26)27/h5-6,10,12-13,16,18,20-21,23,25H,7-9,11,14-15H2,1-2H3,(H,26,27)/b12-5+/t16-,18+,20-,21+,23+/m1/s1. The SMILES string of the molecule is CC#CC[C@@H](C)C/C=C/[C@@H]1[C@H]2c3cccc(CCCC(=O)O)c3O[C@H]2C[C@H]1O. The van der Waals surface area contributed by atoms with E-state index >= 15 is 0 Å². The molecule has 5 atom stereocenters. The zero-order chi connectivity index (χ0) is 20.1. The lowest BCUT2D eigenvalue weighted by molar-refractivity contribution is -0.137. The van der Waals surface area contributed by atoms with E-state index in [1.807, 2.05) is 19.1 Å². The number of rotatable bonds is 8. The second-order valence-corrected chi connectivity index (χ2v) is 8.05. The summed E-state index contributed by atoms with van der Waals surface area (Å²) in [6, 6.07) is 6.15. The molecule has 150 valence electrons. The Kier molecular flexibility index (Phi) is 6.80. The van der Waals surface area contributed by atoms with Crippen molar-refractivity contribution in [3.63, 3.8) is 0 Å². The van der Waals surface area contributed by atoms with Crippen molar-refractivity contribution in [1.29, 1.82) is 0 Å². The first-order valence-electron chi connectivity index (χ1n) is 10.3. The number of carboxylic acids is 1. The molecule has 1 fully saturated rings. The third-order valence-corrected chi connectivity index (χ3v) is 5.85. The second-order valence-electron chi connectivity index (χ2n) is 8.05. The number of aliphatic carboxylic acids is 1. The van der Waals surface area contributed by atoms with Gasteiger partial charge in [-0.25, -0.2) is 0 Å². The lowest BCUT2D eigenvalue weighted by atomic mass is 9.86. The van der Waals surface area contributed by atoms with Crippen LogP contribution in [0.15, 0.2) is 30.4 Å². The van der Waals surface area contributed by atoms with Gasteiger partial charge in [0.05, 0.1) is 6.10 Å². The van der Waals surface area contributed by atoms with Crippen LogP contribution in [0.5, 0.6) is 5.75 Å². The molecule has 1 aliphatic carbocycles. The molecular formula is C24H30O4. The zero-order valence-electron chi connectivity index (χ0n) is 16.7. The highest BCUT2D eigenvalue weighted by molar-refractivity contribution is 5.66. The van der Waals surface area contributed by atoms with Gasteiger partial charge in [-0.2, -0.15) is 0 Å². The molecule has 0 saturated heterocycles. The molecule has 0 radical (unpaired) electrons. The van der Waals surface area contributed by atoms with E-state index in [0.717, 1.165) is 29.7 Å². The van der Waals surface area contributed by atoms with Crippen LogP contribution in [-0.4, -0.2) is 28.4 Å². The average Bonchev–Trinajstić information content (AvgIpc) is 3.16. The highest BCUT2D eigenvalue weighted by atomic mass is 16.5. The van der Waals surface area contributed by atoms with Crippen LogP contribution < -0.4 is 4.74 Å². The Labute approximate surface area is 167 Å². The fraction of sp³-hybridized carbons (Fsp3) is 0.542. The van der Waals surface area contributed by atoms with Crippen molar-refractivity contribution in [2.24, 2.45) is 11.8 Å². The molecule has 0 spiro atoms. The molecule has 2 N–H and O–H groups in total. The maximum absolute atomic E-state index is 10.8. The van der Waals surface area contributed by atoms with Crippen molar-refractivity contribution in [3.8, 4) is 17.6 Å². The van der Waals surface area contributed by atoms with Gasteiger partial charge in [-0.15, -0.1) is 11.8 Å². The lowest BCUT2D eigenvalue weighted by Crippen LogP contribution is -2.16. The van der Waals surface area contributed by atoms with E-state index < -0.39 is 5.97 Å². The monoisotopic (exact) mass is 382 g/mol. The third kappa shape index (κ3) is 4.59. The fourth-order valence-electron chi connectivity index (χ4n) is 4.42. The molecule has 1 saturated carbocycles. The molecular weight excluding hydrogens is 352 g/mol. The van der Waals surface area contributed by atoms with E-state index in [0.29, 0.717) is 25.2 Å². The van der Waals surface area contributed by atoms with Crippen LogP contribution in [0.4, 0.5) is 0 Å². The molecule has 0 amide bonds. The maximum Gasteiger partial charge on any atom is 0.303 e. The molecule has 1 aromatic rings. The smallest absolute Gasteiger partial charge is 0.303 e. The van der Waals surface area contributed by atoms with Gasteiger partial charge in [-0.1, -0.05) is 37.3 Å². The van der Waals surface area contributed by atoms with Gasteiger partial charge in [0.25, 0.3) is 0 Å². The number of aliphatic hydroxyl groups is 1. The summed E-state index contributed by atoms with van der Waals surface area (Å²) in [4.78, 5) is 10.8. The van der Waals surface area contributed by atoms with Gasteiger partial charge in [-0.3, -0.25) is 4.79 Å². The van der Waals surface area contributed by atoms with E-state index in [1.165, 1.54) is 0 Å². The van der Waals surface area contributed by atoms with Crippen molar-refractivity contribution in [2.45, 2.75) is 70.5 Å². The normalized spacial score (nSPS) is 26.2. The Balaban J connectivity index is 1.71. The van der Waals surface area contributed by atoms with Crippen LogP contribution in [0.3, 0.4) is 0 Å². The summed E-state index contributed by atoms with van der Waals surface area (Å²) in [6.07, 6.45) is 7.94. The summed E-state index contributed by atoms with van der Waals surface area (Å²) in [5, 5.41) is 19.5. The number of hydrogen-bond acceptors (Lipinski definition) is 3. The summed E-state index contributed by atoms with van der Waals surface area (Å²) in [5.74, 6) is 6.96. The first-order chi connectivity index (χ1) is 13.5. The number of aryl methyl sites for hydroxylation is 1. The van der Waals surface area contributed by atoms with Crippen LogP contribution >= 0.6 is 0 Å². The molecule has 1 aliphatic heterocycles. The number of hydrogen-bond donors (Lipinski definition) is 2.